The van der Waals surface area contributed by atoms with Crippen molar-refractivity contribution in [1.29, 1.82) is 0 Å². The molecule has 2 aromatic carbocycles. The molecule has 0 saturated heterocycles. The first-order chi connectivity index (χ1) is 11.1. The van der Waals surface area contributed by atoms with Crippen molar-refractivity contribution < 1.29 is 9.84 Å². The summed E-state index contributed by atoms with van der Waals surface area (Å²) < 4.78 is 7.01. The Morgan fingerprint density at radius 3 is 2.61 bits per heavy atom. The first kappa shape index (κ1) is 15.2. The maximum absolute atomic E-state index is 9.62. The Labute approximate surface area is 135 Å². The molecule has 118 valence electrons. The van der Waals surface area contributed by atoms with E-state index >= 15 is 0 Å². The summed E-state index contributed by atoms with van der Waals surface area (Å²) in [6.45, 7) is 3.98. The van der Waals surface area contributed by atoms with Gasteiger partial charge in [0.2, 0.25) is 0 Å². The van der Waals surface area contributed by atoms with E-state index in [4.69, 9.17) is 4.74 Å². The van der Waals surface area contributed by atoms with Crippen molar-refractivity contribution in [3.63, 3.8) is 0 Å². The first-order valence-electron chi connectivity index (χ1n) is 7.41. The average molecular weight is 309 g/mol. The van der Waals surface area contributed by atoms with Crippen LogP contribution in [0.5, 0.6) is 5.75 Å². The van der Waals surface area contributed by atoms with Crippen LogP contribution in [0.3, 0.4) is 0 Å². The summed E-state index contributed by atoms with van der Waals surface area (Å²) in [6, 6.07) is 13.8. The van der Waals surface area contributed by atoms with Crippen LogP contribution in [0.2, 0.25) is 0 Å². The molecule has 0 radical (unpaired) electrons. The van der Waals surface area contributed by atoms with E-state index < -0.39 is 0 Å². The van der Waals surface area contributed by atoms with Gasteiger partial charge in [0.1, 0.15) is 17.1 Å². The molecule has 23 heavy (non-hydrogen) atoms. The second kappa shape index (κ2) is 6.22. The molecular formula is C18H19N3O2. The van der Waals surface area contributed by atoms with Crippen LogP contribution >= 0.6 is 0 Å². The number of rotatable bonds is 4. The molecule has 1 N–H and O–H groups in total. The van der Waals surface area contributed by atoms with Crippen molar-refractivity contribution in [1.82, 2.24) is 15.0 Å². The molecule has 0 saturated carbocycles. The molecule has 0 fully saturated rings. The van der Waals surface area contributed by atoms with E-state index in [2.05, 4.69) is 36.3 Å². The zero-order valence-electron chi connectivity index (χ0n) is 13.4. The largest absolute Gasteiger partial charge is 0.497 e. The van der Waals surface area contributed by atoms with Gasteiger partial charge in [0.25, 0.3) is 0 Å². The lowest BCUT2D eigenvalue weighted by atomic mass is 10.0. The number of methoxy groups -OCH3 is 1. The predicted molar refractivity (Wildman–Crippen MR) is 88.7 cm³/mol. The zero-order chi connectivity index (χ0) is 16.4. The Balaban J connectivity index is 2.19. The summed E-state index contributed by atoms with van der Waals surface area (Å²) in [5, 5.41) is 18.0. The molecular weight excluding hydrogens is 290 g/mol. The number of hydrogen-bond donors (Lipinski definition) is 1. The van der Waals surface area contributed by atoms with Crippen LogP contribution in [0.4, 0.5) is 0 Å². The van der Waals surface area contributed by atoms with Gasteiger partial charge in [0.15, 0.2) is 0 Å². The minimum Gasteiger partial charge on any atom is -0.497 e. The van der Waals surface area contributed by atoms with E-state index in [1.807, 2.05) is 30.3 Å². The standard InChI is InChI=1S/C18H19N3O2/c1-12-7-8-14(9-13(12)2)18-17(11-22)19-20-21(18)15-5-4-6-16(10-15)23-3/h4-10,22H,11H2,1-3H3. The van der Waals surface area contributed by atoms with Gasteiger partial charge >= 0.3 is 0 Å². The van der Waals surface area contributed by atoms with E-state index in [1.165, 1.54) is 11.1 Å². The molecule has 0 spiro atoms. The quantitative estimate of drug-likeness (QED) is 0.804. The minimum atomic E-state index is -0.160. The molecule has 0 unspecified atom stereocenters. The highest BCUT2D eigenvalue weighted by atomic mass is 16.5. The smallest absolute Gasteiger partial charge is 0.121 e. The Kier molecular flexibility index (Phi) is 4.12. The molecule has 0 aliphatic rings. The van der Waals surface area contributed by atoms with Gasteiger partial charge in [0, 0.05) is 11.6 Å². The fraction of sp³-hybridized carbons (Fsp3) is 0.222. The number of ether oxygens (including phenoxy) is 1. The molecule has 0 aliphatic heterocycles. The normalized spacial score (nSPS) is 10.8. The van der Waals surface area contributed by atoms with Crippen LogP contribution in [0.25, 0.3) is 16.9 Å². The van der Waals surface area contributed by atoms with Crippen molar-refractivity contribution in [3.05, 3.63) is 59.3 Å². The summed E-state index contributed by atoms with van der Waals surface area (Å²) >= 11 is 0. The molecule has 0 amide bonds. The summed E-state index contributed by atoms with van der Waals surface area (Å²) in [6.07, 6.45) is 0. The number of aliphatic hydroxyl groups is 1. The van der Waals surface area contributed by atoms with Gasteiger partial charge in [-0.3, -0.25) is 0 Å². The Morgan fingerprint density at radius 2 is 1.91 bits per heavy atom. The van der Waals surface area contributed by atoms with Crippen LogP contribution < -0.4 is 4.74 Å². The number of aryl methyl sites for hydroxylation is 2. The Hall–Kier alpha value is -2.66. The van der Waals surface area contributed by atoms with E-state index in [9.17, 15) is 5.11 Å². The van der Waals surface area contributed by atoms with E-state index in [-0.39, 0.29) is 6.61 Å². The van der Waals surface area contributed by atoms with Gasteiger partial charge in [0.05, 0.1) is 19.4 Å². The lowest BCUT2D eigenvalue weighted by Gasteiger charge is -2.10. The third-order valence-corrected chi connectivity index (χ3v) is 3.97. The molecule has 0 atom stereocenters. The molecule has 0 bridgehead atoms. The zero-order valence-corrected chi connectivity index (χ0v) is 13.4. The summed E-state index contributed by atoms with van der Waals surface area (Å²) in [4.78, 5) is 0. The molecule has 0 aliphatic carbocycles. The maximum Gasteiger partial charge on any atom is 0.121 e. The second-order valence-corrected chi connectivity index (χ2v) is 5.46. The first-order valence-corrected chi connectivity index (χ1v) is 7.41. The number of hydrogen-bond acceptors (Lipinski definition) is 4. The van der Waals surface area contributed by atoms with Gasteiger partial charge in [-0.1, -0.05) is 23.4 Å². The fourth-order valence-electron chi connectivity index (χ4n) is 2.52. The van der Waals surface area contributed by atoms with Crippen LogP contribution in [0.15, 0.2) is 42.5 Å². The minimum absolute atomic E-state index is 0.160. The van der Waals surface area contributed by atoms with E-state index in [0.29, 0.717) is 5.69 Å². The molecule has 1 heterocycles. The average Bonchev–Trinajstić information content (AvgIpc) is 3.01. The number of benzene rings is 2. The molecule has 1 aromatic heterocycles. The monoisotopic (exact) mass is 309 g/mol. The molecule has 3 rings (SSSR count). The third-order valence-electron chi connectivity index (χ3n) is 3.97. The Bertz CT molecular complexity index is 840. The van der Waals surface area contributed by atoms with Crippen molar-refractivity contribution in [2.45, 2.75) is 20.5 Å². The lowest BCUT2D eigenvalue weighted by molar-refractivity contribution is 0.277. The van der Waals surface area contributed by atoms with Gasteiger partial charge in [-0.25, -0.2) is 4.68 Å². The van der Waals surface area contributed by atoms with Gasteiger partial charge < -0.3 is 9.84 Å². The maximum atomic E-state index is 9.62. The highest BCUT2D eigenvalue weighted by molar-refractivity contribution is 5.66. The fourth-order valence-corrected chi connectivity index (χ4v) is 2.52. The van der Waals surface area contributed by atoms with E-state index in [0.717, 1.165) is 22.7 Å². The SMILES string of the molecule is COc1cccc(-n2nnc(CO)c2-c2ccc(C)c(C)c2)c1. The molecule has 5 nitrogen and oxygen atoms in total. The third kappa shape index (κ3) is 2.83. The summed E-state index contributed by atoms with van der Waals surface area (Å²) in [7, 11) is 1.63. The van der Waals surface area contributed by atoms with Crippen molar-refractivity contribution in [2.24, 2.45) is 0 Å². The predicted octanol–water partition coefficient (Wildman–Crippen LogP) is 3.05. The second-order valence-electron chi connectivity index (χ2n) is 5.46. The van der Waals surface area contributed by atoms with Crippen LogP contribution in [0, 0.1) is 13.8 Å². The topological polar surface area (TPSA) is 60.2 Å². The summed E-state index contributed by atoms with van der Waals surface area (Å²) in [5.74, 6) is 0.745. The highest BCUT2D eigenvalue weighted by Crippen LogP contribution is 2.28. The lowest BCUT2D eigenvalue weighted by Crippen LogP contribution is -2.01. The highest BCUT2D eigenvalue weighted by Gasteiger charge is 2.16. The van der Waals surface area contributed by atoms with Crippen molar-refractivity contribution in [2.75, 3.05) is 7.11 Å². The van der Waals surface area contributed by atoms with E-state index in [1.54, 1.807) is 11.8 Å². The van der Waals surface area contributed by atoms with Gasteiger partial charge in [-0.05, 0) is 43.2 Å². The van der Waals surface area contributed by atoms with Crippen molar-refractivity contribution >= 4 is 0 Å². The number of aliphatic hydroxyl groups excluding tert-OH is 1. The van der Waals surface area contributed by atoms with Crippen molar-refractivity contribution in [3.8, 4) is 22.7 Å². The van der Waals surface area contributed by atoms with Crippen LogP contribution in [-0.4, -0.2) is 27.2 Å². The van der Waals surface area contributed by atoms with Gasteiger partial charge in [-0.2, -0.15) is 0 Å². The van der Waals surface area contributed by atoms with Crippen LogP contribution in [0.1, 0.15) is 16.8 Å². The van der Waals surface area contributed by atoms with Gasteiger partial charge in [-0.15, -0.1) is 5.10 Å². The molecule has 3 aromatic rings. The Morgan fingerprint density at radius 1 is 1.09 bits per heavy atom. The number of nitrogens with zero attached hydrogens (tertiary/aromatic N) is 3. The number of aromatic nitrogens is 3. The van der Waals surface area contributed by atoms with Crippen LogP contribution in [-0.2, 0) is 6.61 Å². The summed E-state index contributed by atoms with van der Waals surface area (Å²) in [5.41, 5.74) is 5.57. The molecule has 5 heteroatoms.